The Hall–Kier alpha value is -4.04. The zero-order valence-corrected chi connectivity index (χ0v) is 20.2. The Bertz CT molecular complexity index is 1180. The number of hydrazone groups is 1. The van der Waals surface area contributed by atoms with Gasteiger partial charge in [0.05, 0.1) is 19.4 Å². The van der Waals surface area contributed by atoms with Gasteiger partial charge in [-0.2, -0.15) is 5.10 Å². The Kier molecular flexibility index (Phi) is 9.50. The van der Waals surface area contributed by atoms with Crippen LogP contribution in [0.15, 0.2) is 71.8 Å². The fraction of sp³-hybridized carbons (Fsp3) is 0.192. The average molecular weight is 496 g/mol. The summed E-state index contributed by atoms with van der Waals surface area (Å²) in [5.74, 6) is 0.673. The molecule has 2 amide bonds. The summed E-state index contributed by atoms with van der Waals surface area (Å²) < 4.78 is 16.7. The molecule has 0 saturated carbocycles. The number of carbonyl (C=O) groups excluding carboxylic acids is 2. The molecule has 3 rings (SSSR count). The van der Waals surface area contributed by atoms with Crippen molar-refractivity contribution in [1.29, 1.82) is 0 Å². The van der Waals surface area contributed by atoms with E-state index in [4.69, 9.17) is 25.8 Å². The third-order valence-corrected chi connectivity index (χ3v) is 4.80. The molecule has 0 bridgehead atoms. The van der Waals surface area contributed by atoms with Gasteiger partial charge in [0, 0.05) is 21.8 Å². The molecule has 0 aliphatic rings. The lowest BCUT2D eigenvalue weighted by atomic mass is 10.2. The van der Waals surface area contributed by atoms with Gasteiger partial charge in [0.1, 0.15) is 5.75 Å². The molecule has 0 atom stereocenters. The molecular weight excluding hydrogens is 470 g/mol. The number of carbonyl (C=O) groups is 2. The summed E-state index contributed by atoms with van der Waals surface area (Å²) in [4.78, 5) is 24.8. The highest BCUT2D eigenvalue weighted by atomic mass is 35.5. The maximum atomic E-state index is 12.6. The standard InChI is InChI=1S/C26H26ClN3O5/c1-3-33-23-12-10-18(15-24(23)34-4-2)26(32)30-28-16-19-14-20(27)11-13-22(19)35-17-25(31)29-21-8-6-5-7-9-21/h5-16H,3-4,17H2,1-2H3,(H,29,31)(H,30,32)/b28-16+. The predicted octanol–water partition coefficient (Wildman–Crippen LogP) is 4.92. The molecule has 0 aliphatic carbocycles. The van der Waals surface area contributed by atoms with Crippen LogP contribution in [-0.2, 0) is 4.79 Å². The van der Waals surface area contributed by atoms with Gasteiger partial charge in [0.2, 0.25) is 0 Å². The van der Waals surface area contributed by atoms with E-state index in [0.29, 0.717) is 52.3 Å². The number of ether oxygens (including phenoxy) is 3. The fourth-order valence-corrected chi connectivity index (χ4v) is 3.21. The molecule has 182 valence electrons. The van der Waals surface area contributed by atoms with E-state index in [-0.39, 0.29) is 12.5 Å². The van der Waals surface area contributed by atoms with Crippen LogP contribution in [0.5, 0.6) is 17.2 Å². The number of benzene rings is 3. The second-order valence-electron chi connectivity index (χ2n) is 7.11. The topological polar surface area (TPSA) is 98.3 Å². The normalized spacial score (nSPS) is 10.6. The smallest absolute Gasteiger partial charge is 0.271 e. The van der Waals surface area contributed by atoms with Gasteiger partial charge in [-0.15, -0.1) is 0 Å². The third-order valence-electron chi connectivity index (χ3n) is 4.56. The Morgan fingerprint density at radius 2 is 1.60 bits per heavy atom. The second kappa shape index (κ2) is 13.0. The van der Waals surface area contributed by atoms with Gasteiger partial charge in [0.25, 0.3) is 11.8 Å². The first-order valence-corrected chi connectivity index (χ1v) is 11.4. The molecule has 3 aromatic rings. The SMILES string of the molecule is CCOc1ccc(C(=O)N/N=C/c2cc(Cl)ccc2OCC(=O)Nc2ccccc2)cc1OCC. The van der Waals surface area contributed by atoms with Crippen LogP contribution in [0.25, 0.3) is 0 Å². The summed E-state index contributed by atoms with van der Waals surface area (Å²) in [6.07, 6.45) is 1.40. The predicted molar refractivity (Wildman–Crippen MR) is 136 cm³/mol. The van der Waals surface area contributed by atoms with Gasteiger partial charge in [-0.05, 0) is 62.4 Å². The quantitative estimate of drug-likeness (QED) is 0.290. The van der Waals surface area contributed by atoms with Crippen molar-refractivity contribution in [2.45, 2.75) is 13.8 Å². The van der Waals surface area contributed by atoms with Crippen LogP contribution < -0.4 is 25.0 Å². The van der Waals surface area contributed by atoms with E-state index in [2.05, 4.69) is 15.8 Å². The van der Waals surface area contributed by atoms with E-state index < -0.39 is 5.91 Å². The molecule has 35 heavy (non-hydrogen) atoms. The largest absolute Gasteiger partial charge is 0.490 e. The van der Waals surface area contributed by atoms with Crippen molar-refractivity contribution in [3.63, 3.8) is 0 Å². The molecule has 0 aromatic heterocycles. The van der Waals surface area contributed by atoms with E-state index in [9.17, 15) is 9.59 Å². The van der Waals surface area contributed by atoms with Crippen molar-refractivity contribution >= 4 is 35.3 Å². The Morgan fingerprint density at radius 1 is 0.886 bits per heavy atom. The molecule has 0 radical (unpaired) electrons. The van der Waals surface area contributed by atoms with Crippen molar-refractivity contribution in [3.8, 4) is 17.2 Å². The van der Waals surface area contributed by atoms with Crippen LogP contribution in [0.2, 0.25) is 5.02 Å². The summed E-state index contributed by atoms with van der Waals surface area (Å²) in [5, 5.41) is 7.21. The van der Waals surface area contributed by atoms with Gasteiger partial charge >= 0.3 is 0 Å². The summed E-state index contributed by atoms with van der Waals surface area (Å²) in [6.45, 7) is 4.42. The minimum atomic E-state index is -0.433. The van der Waals surface area contributed by atoms with Crippen molar-refractivity contribution in [3.05, 3.63) is 82.9 Å². The van der Waals surface area contributed by atoms with Gasteiger partial charge in [-0.1, -0.05) is 29.8 Å². The minimum absolute atomic E-state index is 0.212. The van der Waals surface area contributed by atoms with E-state index in [0.717, 1.165) is 0 Å². The Balaban J connectivity index is 1.64. The maximum Gasteiger partial charge on any atom is 0.271 e. The molecular formula is C26H26ClN3O5. The molecule has 9 heteroatoms. The molecule has 2 N–H and O–H groups in total. The Labute approximate surface area is 208 Å². The number of anilines is 1. The first kappa shape index (κ1) is 25.6. The van der Waals surface area contributed by atoms with E-state index in [1.165, 1.54) is 6.21 Å². The average Bonchev–Trinajstić information content (AvgIpc) is 2.85. The van der Waals surface area contributed by atoms with Gasteiger partial charge < -0.3 is 19.5 Å². The van der Waals surface area contributed by atoms with Gasteiger partial charge in [-0.3, -0.25) is 9.59 Å². The molecule has 3 aromatic carbocycles. The van der Waals surface area contributed by atoms with Crippen molar-refractivity contribution in [2.75, 3.05) is 25.1 Å². The van der Waals surface area contributed by atoms with E-state index in [1.54, 1.807) is 48.5 Å². The zero-order chi connectivity index (χ0) is 25.0. The highest BCUT2D eigenvalue weighted by Crippen LogP contribution is 2.28. The molecule has 8 nitrogen and oxygen atoms in total. The monoisotopic (exact) mass is 495 g/mol. The van der Waals surface area contributed by atoms with Crippen molar-refractivity contribution in [1.82, 2.24) is 5.43 Å². The first-order valence-electron chi connectivity index (χ1n) is 11.0. The lowest BCUT2D eigenvalue weighted by Crippen LogP contribution is -2.20. The highest BCUT2D eigenvalue weighted by Gasteiger charge is 2.12. The van der Waals surface area contributed by atoms with Gasteiger partial charge in [0.15, 0.2) is 18.1 Å². The Morgan fingerprint density at radius 3 is 2.34 bits per heavy atom. The van der Waals surface area contributed by atoms with E-state index >= 15 is 0 Å². The van der Waals surface area contributed by atoms with E-state index in [1.807, 2.05) is 32.0 Å². The number of rotatable bonds is 11. The highest BCUT2D eigenvalue weighted by molar-refractivity contribution is 6.30. The molecule has 0 heterocycles. The first-order chi connectivity index (χ1) is 17.0. The molecule has 0 unspecified atom stereocenters. The third kappa shape index (κ3) is 7.75. The van der Waals surface area contributed by atoms with Crippen LogP contribution in [0, 0.1) is 0 Å². The lowest BCUT2D eigenvalue weighted by molar-refractivity contribution is -0.118. The van der Waals surface area contributed by atoms with Crippen LogP contribution in [0.1, 0.15) is 29.8 Å². The summed E-state index contributed by atoms with van der Waals surface area (Å²) in [5.41, 5.74) is 3.99. The number of halogens is 1. The lowest BCUT2D eigenvalue weighted by Gasteiger charge is -2.12. The maximum absolute atomic E-state index is 12.6. The van der Waals surface area contributed by atoms with Crippen molar-refractivity contribution < 1.29 is 23.8 Å². The molecule has 0 fully saturated rings. The fourth-order valence-electron chi connectivity index (χ4n) is 3.03. The molecule has 0 saturated heterocycles. The summed E-state index contributed by atoms with van der Waals surface area (Å²) >= 11 is 6.10. The number of nitrogens with one attached hydrogen (secondary N) is 2. The summed E-state index contributed by atoms with van der Waals surface area (Å²) in [6, 6.07) is 18.8. The van der Waals surface area contributed by atoms with Crippen LogP contribution in [0.3, 0.4) is 0 Å². The van der Waals surface area contributed by atoms with Crippen LogP contribution in [-0.4, -0.2) is 37.8 Å². The second-order valence-corrected chi connectivity index (χ2v) is 7.55. The zero-order valence-electron chi connectivity index (χ0n) is 19.4. The summed E-state index contributed by atoms with van der Waals surface area (Å²) in [7, 11) is 0. The minimum Gasteiger partial charge on any atom is -0.490 e. The van der Waals surface area contributed by atoms with Crippen molar-refractivity contribution in [2.24, 2.45) is 5.10 Å². The number of hydrogen-bond donors (Lipinski definition) is 2. The molecule has 0 aliphatic heterocycles. The number of hydrogen-bond acceptors (Lipinski definition) is 6. The molecule has 0 spiro atoms. The number of amides is 2. The van der Waals surface area contributed by atoms with Crippen LogP contribution >= 0.6 is 11.6 Å². The van der Waals surface area contributed by atoms with Crippen LogP contribution in [0.4, 0.5) is 5.69 Å². The number of para-hydroxylation sites is 1. The van der Waals surface area contributed by atoms with Gasteiger partial charge in [-0.25, -0.2) is 5.43 Å². The number of nitrogens with zero attached hydrogens (tertiary/aromatic N) is 1.